The number of amides is 3. The van der Waals surface area contributed by atoms with Gasteiger partial charge in [0, 0.05) is 25.8 Å². The fourth-order valence-electron chi connectivity index (χ4n) is 3.66. The highest BCUT2D eigenvalue weighted by atomic mass is 32.1. The molecular formula is C22H27N3O3S. The van der Waals surface area contributed by atoms with Gasteiger partial charge in [-0.05, 0) is 42.3 Å². The van der Waals surface area contributed by atoms with Crippen LogP contribution in [0.15, 0.2) is 41.8 Å². The van der Waals surface area contributed by atoms with E-state index in [1.807, 2.05) is 48.7 Å². The van der Waals surface area contributed by atoms with Crippen LogP contribution >= 0.6 is 11.3 Å². The first-order valence-electron chi connectivity index (χ1n) is 9.95. The molecule has 154 valence electrons. The fraction of sp³-hybridized carbons (Fsp3) is 0.409. The number of hydrogen-bond donors (Lipinski definition) is 1. The number of aryl methyl sites for hydroxylation is 1. The number of anilines is 1. The Morgan fingerprint density at radius 1 is 1.21 bits per heavy atom. The lowest BCUT2D eigenvalue weighted by molar-refractivity contribution is -0.138. The van der Waals surface area contributed by atoms with Crippen molar-refractivity contribution in [3.8, 4) is 0 Å². The Bertz CT molecular complexity index is 866. The Balaban J connectivity index is 1.56. The number of hydrogen-bond acceptors (Lipinski definition) is 4. The van der Waals surface area contributed by atoms with Crippen LogP contribution in [0.3, 0.4) is 0 Å². The predicted octanol–water partition coefficient (Wildman–Crippen LogP) is 3.26. The molecule has 2 heterocycles. The van der Waals surface area contributed by atoms with Gasteiger partial charge in [-0.25, -0.2) is 0 Å². The zero-order valence-electron chi connectivity index (χ0n) is 16.9. The summed E-state index contributed by atoms with van der Waals surface area (Å²) in [7, 11) is 1.65. The lowest BCUT2D eigenvalue weighted by Crippen LogP contribution is -2.47. The van der Waals surface area contributed by atoms with E-state index in [0.717, 1.165) is 30.5 Å². The van der Waals surface area contributed by atoms with Crippen LogP contribution in [0.4, 0.5) is 5.69 Å². The molecule has 6 nitrogen and oxygen atoms in total. The molecule has 0 saturated carbocycles. The summed E-state index contributed by atoms with van der Waals surface area (Å²) in [5, 5.41) is 4.78. The highest BCUT2D eigenvalue weighted by Gasteiger charge is 2.31. The van der Waals surface area contributed by atoms with Crippen LogP contribution in [-0.2, 0) is 16.0 Å². The Kier molecular flexibility index (Phi) is 7.04. The number of likely N-dealkylation sites (N-methyl/N-ethyl adjacent to an activating group) is 1. The summed E-state index contributed by atoms with van der Waals surface area (Å²) in [6, 6.07) is 11.3. The maximum Gasteiger partial charge on any atom is 0.263 e. The van der Waals surface area contributed by atoms with Crippen LogP contribution in [0.25, 0.3) is 0 Å². The maximum absolute atomic E-state index is 12.9. The summed E-state index contributed by atoms with van der Waals surface area (Å²) in [5.74, 6) is -0.598. The third-order valence-corrected chi connectivity index (χ3v) is 6.08. The SMILES string of the molecule is CCc1ccccc1NC(=O)CN(C)C(=O)[C@H]1CCCN(C(=O)c2cccs2)C1. The molecular weight excluding hydrogens is 386 g/mol. The van der Waals surface area contributed by atoms with Crippen LogP contribution in [0, 0.1) is 5.92 Å². The fourth-order valence-corrected chi connectivity index (χ4v) is 4.36. The second-order valence-electron chi connectivity index (χ2n) is 7.32. The molecule has 1 aromatic carbocycles. The topological polar surface area (TPSA) is 69.7 Å². The average molecular weight is 414 g/mol. The minimum absolute atomic E-state index is 0.00769. The van der Waals surface area contributed by atoms with Crippen molar-refractivity contribution in [3.63, 3.8) is 0 Å². The molecule has 0 aliphatic carbocycles. The molecule has 1 fully saturated rings. The van der Waals surface area contributed by atoms with Gasteiger partial charge in [0.15, 0.2) is 0 Å². The van der Waals surface area contributed by atoms with E-state index < -0.39 is 0 Å². The van der Waals surface area contributed by atoms with E-state index in [1.54, 1.807) is 11.9 Å². The number of para-hydroxylation sites is 1. The van der Waals surface area contributed by atoms with Crippen molar-refractivity contribution in [2.24, 2.45) is 5.92 Å². The van der Waals surface area contributed by atoms with Gasteiger partial charge in [0.25, 0.3) is 5.91 Å². The maximum atomic E-state index is 12.9. The largest absolute Gasteiger partial charge is 0.337 e. The van der Waals surface area contributed by atoms with Gasteiger partial charge in [0.1, 0.15) is 0 Å². The second-order valence-corrected chi connectivity index (χ2v) is 8.27. The number of piperidine rings is 1. The quantitative estimate of drug-likeness (QED) is 0.790. The number of benzene rings is 1. The summed E-state index contributed by atoms with van der Waals surface area (Å²) < 4.78 is 0. The van der Waals surface area contributed by atoms with E-state index in [-0.39, 0.29) is 30.2 Å². The molecule has 0 spiro atoms. The molecule has 1 atom stereocenters. The van der Waals surface area contributed by atoms with Gasteiger partial charge in [-0.15, -0.1) is 11.3 Å². The van der Waals surface area contributed by atoms with Gasteiger partial charge in [-0.2, -0.15) is 0 Å². The van der Waals surface area contributed by atoms with Gasteiger partial charge in [-0.3, -0.25) is 14.4 Å². The van der Waals surface area contributed by atoms with E-state index in [2.05, 4.69) is 5.32 Å². The summed E-state index contributed by atoms with van der Waals surface area (Å²) in [5.41, 5.74) is 1.84. The van der Waals surface area contributed by atoms with Crippen molar-refractivity contribution in [1.82, 2.24) is 9.80 Å². The first kappa shape index (κ1) is 21.0. The number of nitrogens with zero attached hydrogens (tertiary/aromatic N) is 2. The van der Waals surface area contributed by atoms with Gasteiger partial charge in [-0.1, -0.05) is 31.2 Å². The van der Waals surface area contributed by atoms with Crippen LogP contribution in [0.1, 0.15) is 35.0 Å². The van der Waals surface area contributed by atoms with Crippen molar-refractivity contribution in [2.75, 3.05) is 32.0 Å². The Labute approximate surface area is 175 Å². The van der Waals surface area contributed by atoms with Gasteiger partial charge >= 0.3 is 0 Å². The van der Waals surface area contributed by atoms with E-state index in [1.165, 1.54) is 16.2 Å². The van der Waals surface area contributed by atoms with Crippen molar-refractivity contribution < 1.29 is 14.4 Å². The summed E-state index contributed by atoms with van der Waals surface area (Å²) >= 11 is 1.41. The van der Waals surface area contributed by atoms with Crippen LogP contribution in [-0.4, -0.2) is 54.2 Å². The van der Waals surface area contributed by atoms with E-state index in [0.29, 0.717) is 18.0 Å². The summed E-state index contributed by atoms with van der Waals surface area (Å²) in [6.45, 7) is 3.10. The smallest absolute Gasteiger partial charge is 0.263 e. The molecule has 0 unspecified atom stereocenters. The first-order valence-corrected chi connectivity index (χ1v) is 10.8. The first-order chi connectivity index (χ1) is 14.0. The highest BCUT2D eigenvalue weighted by molar-refractivity contribution is 7.12. The third kappa shape index (κ3) is 5.23. The van der Waals surface area contributed by atoms with Crippen molar-refractivity contribution in [2.45, 2.75) is 26.2 Å². The zero-order chi connectivity index (χ0) is 20.8. The minimum atomic E-state index is -0.270. The molecule has 7 heteroatoms. The van der Waals surface area contributed by atoms with E-state index >= 15 is 0 Å². The molecule has 3 amide bonds. The number of nitrogens with one attached hydrogen (secondary N) is 1. The zero-order valence-corrected chi connectivity index (χ0v) is 17.7. The van der Waals surface area contributed by atoms with Gasteiger partial charge < -0.3 is 15.1 Å². The Hall–Kier alpha value is -2.67. The predicted molar refractivity (Wildman–Crippen MR) is 115 cm³/mol. The average Bonchev–Trinajstić information content (AvgIpc) is 3.28. The molecule has 1 N–H and O–H groups in total. The number of thiophene rings is 1. The van der Waals surface area contributed by atoms with E-state index in [9.17, 15) is 14.4 Å². The van der Waals surface area contributed by atoms with Crippen molar-refractivity contribution in [1.29, 1.82) is 0 Å². The number of likely N-dealkylation sites (tertiary alicyclic amines) is 1. The van der Waals surface area contributed by atoms with Gasteiger partial charge in [0.2, 0.25) is 11.8 Å². The lowest BCUT2D eigenvalue weighted by atomic mass is 9.96. The highest BCUT2D eigenvalue weighted by Crippen LogP contribution is 2.22. The van der Waals surface area contributed by atoms with Crippen LogP contribution < -0.4 is 5.32 Å². The van der Waals surface area contributed by atoms with Gasteiger partial charge in [0.05, 0.1) is 17.3 Å². The molecule has 2 aromatic rings. The molecule has 1 saturated heterocycles. The number of carbonyl (C=O) groups excluding carboxylic acids is 3. The van der Waals surface area contributed by atoms with Crippen molar-refractivity contribution >= 4 is 34.7 Å². The second kappa shape index (κ2) is 9.69. The third-order valence-electron chi connectivity index (χ3n) is 5.22. The molecule has 1 aliphatic heterocycles. The summed E-state index contributed by atoms with van der Waals surface area (Å²) in [6.07, 6.45) is 2.34. The van der Waals surface area contributed by atoms with Crippen LogP contribution in [0.2, 0.25) is 0 Å². The van der Waals surface area contributed by atoms with E-state index in [4.69, 9.17) is 0 Å². The minimum Gasteiger partial charge on any atom is -0.337 e. The van der Waals surface area contributed by atoms with Crippen molar-refractivity contribution in [3.05, 3.63) is 52.2 Å². The Morgan fingerprint density at radius 3 is 2.72 bits per heavy atom. The molecule has 1 aromatic heterocycles. The number of carbonyl (C=O) groups is 3. The molecule has 3 rings (SSSR count). The van der Waals surface area contributed by atoms with Crippen LogP contribution in [0.5, 0.6) is 0 Å². The molecule has 0 radical (unpaired) electrons. The Morgan fingerprint density at radius 2 is 2.00 bits per heavy atom. The normalized spacial score (nSPS) is 16.3. The lowest BCUT2D eigenvalue weighted by Gasteiger charge is -2.33. The number of rotatable bonds is 6. The molecule has 0 bridgehead atoms. The molecule has 29 heavy (non-hydrogen) atoms. The molecule has 1 aliphatic rings. The standard InChI is InChI=1S/C22H27N3O3S/c1-3-16-8-4-5-10-18(16)23-20(26)15-24(2)21(27)17-9-6-12-25(14-17)22(28)19-11-7-13-29-19/h4-5,7-8,10-11,13,17H,3,6,9,12,14-15H2,1-2H3,(H,23,26)/t17-/m0/s1. The monoisotopic (exact) mass is 413 g/mol. The summed E-state index contributed by atoms with van der Waals surface area (Å²) in [4.78, 5) is 41.8.